The van der Waals surface area contributed by atoms with Crippen molar-refractivity contribution < 1.29 is 28.9 Å². The number of aldehydes is 4. The van der Waals surface area contributed by atoms with Gasteiger partial charge in [-0.25, -0.2) is 0 Å². The van der Waals surface area contributed by atoms with Gasteiger partial charge in [-0.3, -0.25) is 19.2 Å². The van der Waals surface area contributed by atoms with Crippen molar-refractivity contribution in [3.63, 3.8) is 0 Å². The fourth-order valence-electron chi connectivity index (χ4n) is 17.6. The molecular formula is C112H89BBrN4O6. The normalized spacial score (nSPS) is 12.7. The first-order valence-corrected chi connectivity index (χ1v) is 42.5. The molecule has 2 aromatic heterocycles. The molecule has 124 heavy (non-hydrogen) atoms. The third-order valence-corrected chi connectivity index (χ3v) is 25.6. The number of fused-ring (bicyclic) bond motifs is 12. The maximum absolute atomic E-state index is 11.7. The molecule has 2 aliphatic rings. The van der Waals surface area contributed by atoms with E-state index in [0.717, 1.165) is 119 Å². The molecular weight excluding hydrogens is 1590 g/mol. The minimum atomic E-state index is -0.998. The summed E-state index contributed by atoms with van der Waals surface area (Å²) in [5.41, 5.74) is 30.9. The first-order chi connectivity index (χ1) is 60.1. The second kappa shape index (κ2) is 33.0. The number of anilines is 6. The molecule has 2 aliphatic carbocycles. The highest BCUT2D eigenvalue weighted by Crippen LogP contribution is 2.54. The molecule has 603 valence electrons. The summed E-state index contributed by atoms with van der Waals surface area (Å²) in [6.45, 7) is 16.2. The van der Waals surface area contributed by atoms with Crippen LogP contribution < -0.4 is 15.3 Å². The Kier molecular flexibility index (Phi) is 21.5. The fourth-order valence-corrected chi connectivity index (χ4v) is 18.0. The second-order valence-electron chi connectivity index (χ2n) is 34.0. The van der Waals surface area contributed by atoms with Gasteiger partial charge in [-0.1, -0.05) is 237 Å². The van der Waals surface area contributed by atoms with Gasteiger partial charge in [-0.05, 0) is 282 Å². The minimum Gasteiger partial charge on any atom is -0.427 e. The number of benzene rings is 16. The van der Waals surface area contributed by atoms with Crippen molar-refractivity contribution in [2.24, 2.45) is 0 Å². The van der Waals surface area contributed by atoms with Gasteiger partial charge in [0.15, 0.2) is 0 Å². The molecule has 16 aromatic carbocycles. The molecule has 0 saturated heterocycles. The average molecular weight is 1680 g/mol. The molecule has 12 heteroatoms. The first kappa shape index (κ1) is 80.9. The number of carbonyl (C=O) groups is 4. The van der Waals surface area contributed by atoms with E-state index in [1.807, 2.05) is 117 Å². The lowest BCUT2D eigenvalue weighted by atomic mass is 9.81. The Morgan fingerprint density at radius 3 is 1.03 bits per heavy atom. The highest BCUT2D eigenvalue weighted by Gasteiger charge is 2.39. The van der Waals surface area contributed by atoms with E-state index in [0.29, 0.717) is 22.3 Å². The van der Waals surface area contributed by atoms with Gasteiger partial charge >= 0.3 is 7.48 Å². The lowest BCUT2D eigenvalue weighted by Crippen LogP contribution is -2.49. The van der Waals surface area contributed by atoms with Crippen molar-refractivity contribution in [3.05, 3.63) is 413 Å². The van der Waals surface area contributed by atoms with E-state index in [4.69, 9.17) is 4.65 Å². The number of aromatic nitrogens is 2. The highest BCUT2D eigenvalue weighted by atomic mass is 79.9. The fraction of sp³-hybridized carbons (Fsp3) is 0.107. The highest BCUT2D eigenvalue weighted by molar-refractivity contribution is 9.10. The Labute approximate surface area is 732 Å². The topological polar surface area (TPSA) is 114 Å². The zero-order chi connectivity index (χ0) is 85.8. The predicted octanol–water partition coefficient (Wildman–Crippen LogP) is 27.6. The molecule has 0 bridgehead atoms. The van der Waals surface area contributed by atoms with Gasteiger partial charge in [0.25, 0.3) is 0 Å². The molecule has 0 spiro atoms. The molecule has 0 atom stereocenters. The molecule has 0 fully saturated rings. The van der Waals surface area contributed by atoms with Crippen molar-refractivity contribution in [1.82, 2.24) is 9.13 Å². The Balaban J connectivity index is 0.000000138. The van der Waals surface area contributed by atoms with Crippen LogP contribution in [0.2, 0.25) is 0 Å². The van der Waals surface area contributed by atoms with Crippen LogP contribution in [-0.4, -0.2) is 58.1 Å². The van der Waals surface area contributed by atoms with Crippen LogP contribution in [0.25, 0.3) is 111 Å². The SMILES string of the molecule is CC1(C)c2cc(C=O)ccc2-c2ccc(N(c3ccc(-c4ccccc4)cc3)c3ccc(-c4ccc5c(c4)c4ccccc4n5-c4ccc(C=O)cc4)cc3)cc21.CC1(C)c2cc(C=O)ccc2-c2ccc(N(c3ccc([B]OC(C)(C)C(C)(C)O)cc3)c3ccc(-c4ccccc4)cc3)cc21.O=Cc1ccc(-n2c3ccccc3c3cc(Br)ccc32)cc1. The number of hydrogen-bond donors (Lipinski definition) is 1. The molecule has 10 nitrogen and oxygen atoms in total. The summed E-state index contributed by atoms with van der Waals surface area (Å²) in [6, 6.07) is 126. The van der Waals surface area contributed by atoms with Crippen LogP contribution in [0.15, 0.2) is 368 Å². The molecule has 2 heterocycles. The zero-order valence-corrected chi connectivity index (χ0v) is 71.8. The quantitative estimate of drug-likeness (QED) is 0.0629. The Morgan fingerprint density at radius 2 is 0.629 bits per heavy atom. The molecule has 20 rings (SSSR count). The van der Waals surface area contributed by atoms with E-state index in [-0.39, 0.29) is 10.8 Å². The largest absolute Gasteiger partial charge is 0.427 e. The smallest absolute Gasteiger partial charge is 0.330 e. The predicted molar refractivity (Wildman–Crippen MR) is 515 cm³/mol. The lowest BCUT2D eigenvalue weighted by Gasteiger charge is -2.37. The third-order valence-electron chi connectivity index (χ3n) is 25.1. The average Bonchev–Trinajstić information content (AvgIpc) is 1.57. The number of rotatable bonds is 19. The van der Waals surface area contributed by atoms with Gasteiger partial charge in [0, 0.05) is 105 Å². The van der Waals surface area contributed by atoms with E-state index in [9.17, 15) is 24.3 Å². The summed E-state index contributed by atoms with van der Waals surface area (Å²) in [4.78, 5) is 50.2. The molecule has 0 saturated carbocycles. The Morgan fingerprint density at radius 1 is 0.315 bits per heavy atom. The van der Waals surface area contributed by atoms with Crippen molar-refractivity contribution in [3.8, 4) is 67.0 Å². The lowest BCUT2D eigenvalue weighted by molar-refractivity contribution is -0.0893. The third kappa shape index (κ3) is 15.2. The van der Waals surface area contributed by atoms with Gasteiger partial charge in [0.1, 0.15) is 25.1 Å². The van der Waals surface area contributed by atoms with Crippen LogP contribution in [0.3, 0.4) is 0 Å². The van der Waals surface area contributed by atoms with Gasteiger partial charge in [0.05, 0.1) is 33.3 Å². The summed E-state index contributed by atoms with van der Waals surface area (Å²) in [6.07, 6.45) is 3.60. The molecule has 1 N–H and O–H groups in total. The van der Waals surface area contributed by atoms with E-state index < -0.39 is 11.2 Å². The number of nitrogens with zero attached hydrogens (tertiary/aromatic N) is 4. The number of hydrogen-bond acceptors (Lipinski definition) is 8. The van der Waals surface area contributed by atoms with Gasteiger partial charge in [-0.15, -0.1) is 0 Å². The number of carbonyl (C=O) groups excluding carboxylic acids is 4. The Hall–Kier alpha value is -14.1. The summed E-state index contributed by atoms with van der Waals surface area (Å²) < 4.78 is 11.6. The molecule has 0 aliphatic heterocycles. The van der Waals surface area contributed by atoms with Crippen molar-refractivity contribution >= 4 is 132 Å². The minimum absolute atomic E-state index is 0.258. The maximum Gasteiger partial charge on any atom is 0.330 e. The van der Waals surface area contributed by atoms with E-state index in [1.54, 1.807) is 21.3 Å². The Bertz CT molecular complexity index is 7110. The van der Waals surface area contributed by atoms with E-state index >= 15 is 0 Å². The van der Waals surface area contributed by atoms with Crippen LogP contribution >= 0.6 is 15.9 Å². The number of para-hydroxylation sites is 2. The monoisotopic (exact) mass is 1680 g/mol. The van der Waals surface area contributed by atoms with Crippen molar-refractivity contribution in [2.75, 3.05) is 9.80 Å². The van der Waals surface area contributed by atoms with E-state index in [2.05, 4.69) is 323 Å². The molecule has 18 aromatic rings. The number of halogens is 1. The van der Waals surface area contributed by atoms with E-state index in [1.165, 1.54) is 82.7 Å². The van der Waals surface area contributed by atoms with Crippen LogP contribution in [0.4, 0.5) is 34.1 Å². The standard InChI is InChI=1S/C53H38N2O2.C40H39BNO3.C19H12BrNO/c1-53(2)49-30-36(34-57)14-27-45(49)46-28-26-44(32-50(46)53)54(41-22-15-38(16-23-41)37-8-4-3-5-9-37)42-24-17-39(18-25-42)40-19-29-52-48(31-40)47-10-6-7-11-51(47)55(52)43-20-12-35(33-56)13-21-43;1-38(2)36-24-27(26-43)12-22-34(36)35-23-21-33(25-37(35)38)42(31-17-13-29(14-18-31)28-10-8-7-9-11-28)32-19-15-30(16-20-32)41-45-40(5,6)39(3,4)44;20-14-7-10-19-17(11-14)16-3-1-2-4-18(16)21(19)15-8-5-13(12-22)6-9-15/h3-34H,1-2H3;7-26,44H,1-6H3;1-12H. The van der Waals surface area contributed by atoms with Crippen molar-refractivity contribution in [2.45, 2.75) is 77.4 Å². The zero-order valence-electron chi connectivity index (χ0n) is 70.2. The first-order valence-electron chi connectivity index (χ1n) is 41.8. The second-order valence-corrected chi connectivity index (χ2v) is 34.9. The number of aliphatic hydroxyl groups is 1. The molecule has 0 unspecified atom stereocenters. The maximum atomic E-state index is 11.7. The summed E-state index contributed by atoms with van der Waals surface area (Å²) in [5.74, 6) is 0. The van der Waals surface area contributed by atoms with Crippen LogP contribution in [-0.2, 0) is 15.5 Å². The molecule has 1 radical (unpaired) electrons. The summed E-state index contributed by atoms with van der Waals surface area (Å²) >= 11 is 3.55. The van der Waals surface area contributed by atoms with Gasteiger partial charge in [-0.2, -0.15) is 0 Å². The van der Waals surface area contributed by atoms with Crippen LogP contribution in [0, 0.1) is 0 Å². The van der Waals surface area contributed by atoms with Crippen LogP contribution in [0.1, 0.15) is 119 Å². The molecule has 0 amide bonds. The van der Waals surface area contributed by atoms with Crippen molar-refractivity contribution in [1.29, 1.82) is 0 Å². The summed E-state index contributed by atoms with van der Waals surface area (Å²) in [7, 11) is 1.71. The van der Waals surface area contributed by atoms with Gasteiger partial charge < -0.3 is 28.7 Å². The van der Waals surface area contributed by atoms with Gasteiger partial charge in [0.2, 0.25) is 0 Å². The van der Waals surface area contributed by atoms with Crippen LogP contribution in [0.5, 0.6) is 0 Å². The summed E-state index contributed by atoms with van der Waals surface area (Å²) in [5, 5.41) is 15.3.